The van der Waals surface area contributed by atoms with Gasteiger partial charge in [-0.3, -0.25) is 0 Å². The molecule has 1 aromatic carbocycles. The summed E-state index contributed by atoms with van der Waals surface area (Å²) in [7, 11) is 0. The first-order valence-corrected chi connectivity index (χ1v) is 5.03. The van der Waals surface area contributed by atoms with Crippen molar-refractivity contribution >= 4 is 0 Å². The smallest absolute Gasteiger partial charge is 0.334 e. The molecule has 0 radical (unpaired) electrons. The van der Waals surface area contributed by atoms with Crippen LogP contribution in [0.5, 0.6) is 5.75 Å². The van der Waals surface area contributed by atoms with E-state index >= 15 is 0 Å². The van der Waals surface area contributed by atoms with Gasteiger partial charge in [-0.15, -0.1) is 0 Å². The molecule has 0 aliphatic rings. The van der Waals surface area contributed by atoms with Crippen LogP contribution in [0.2, 0.25) is 0 Å². The predicted octanol–water partition coefficient (Wildman–Crippen LogP) is -1.33. The Morgan fingerprint density at radius 1 is 0.882 bits per heavy atom. The topological polar surface area (TPSA) is 110 Å². The van der Waals surface area contributed by atoms with E-state index in [1.54, 1.807) is 18.2 Å². The molecule has 0 fully saturated rings. The van der Waals surface area contributed by atoms with E-state index in [0.717, 1.165) is 0 Å². The molecule has 0 saturated heterocycles. The van der Waals surface area contributed by atoms with E-state index in [4.69, 9.17) is 20.1 Å². The van der Waals surface area contributed by atoms with E-state index in [1.807, 2.05) is 0 Å². The Morgan fingerprint density at radius 3 is 1.76 bits per heavy atom. The molecule has 0 saturated carbocycles. The van der Waals surface area contributed by atoms with Crippen molar-refractivity contribution in [3.8, 4) is 5.75 Å². The average molecular weight is 244 g/mol. The maximum absolute atomic E-state index is 9.73. The number of benzene rings is 1. The molecule has 17 heavy (non-hydrogen) atoms. The Balaban J connectivity index is 2.93. The SMILES string of the molecule is OCC(CO)(CO)C(O)(O)Oc1ccccc1. The van der Waals surface area contributed by atoms with Gasteiger partial charge in [0, 0.05) is 0 Å². The molecule has 0 aliphatic heterocycles. The molecule has 0 amide bonds. The van der Waals surface area contributed by atoms with Crippen LogP contribution in [0.15, 0.2) is 30.3 Å². The fraction of sp³-hybridized carbons (Fsp3) is 0.455. The van der Waals surface area contributed by atoms with Gasteiger partial charge < -0.3 is 30.3 Å². The van der Waals surface area contributed by atoms with Crippen molar-refractivity contribution in [1.82, 2.24) is 0 Å². The Hall–Kier alpha value is -1.18. The summed E-state index contributed by atoms with van der Waals surface area (Å²) < 4.78 is 4.87. The fourth-order valence-corrected chi connectivity index (χ4v) is 1.22. The minimum atomic E-state index is -2.88. The molecular formula is C11H16O6. The lowest BCUT2D eigenvalue weighted by molar-refractivity contribution is -0.373. The van der Waals surface area contributed by atoms with Gasteiger partial charge in [0.25, 0.3) is 0 Å². The molecule has 0 unspecified atom stereocenters. The van der Waals surface area contributed by atoms with Gasteiger partial charge in [0.05, 0.1) is 19.8 Å². The zero-order valence-electron chi connectivity index (χ0n) is 9.15. The monoisotopic (exact) mass is 244 g/mol. The minimum Gasteiger partial charge on any atom is -0.439 e. The van der Waals surface area contributed by atoms with Crippen LogP contribution in [0.1, 0.15) is 0 Å². The third-order valence-corrected chi connectivity index (χ3v) is 2.60. The average Bonchev–Trinajstić information content (AvgIpc) is 2.32. The normalized spacial score (nSPS) is 12.5. The van der Waals surface area contributed by atoms with E-state index in [-0.39, 0.29) is 5.75 Å². The lowest BCUT2D eigenvalue weighted by atomic mass is 9.88. The van der Waals surface area contributed by atoms with Crippen molar-refractivity contribution in [1.29, 1.82) is 0 Å². The molecule has 0 bridgehead atoms. The molecule has 1 aromatic rings. The second-order valence-corrected chi connectivity index (χ2v) is 3.78. The van der Waals surface area contributed by atoms with Gasteiger partial charge in [-0.05, 0) is 12.1 Å². The Bertz CT molecular complexity index is 325. The molecule has 96 valence electrons. The summed E-state index contributed by atoms with van der Waals surface area (Å²) in [5.41, 5.74) is -1.97. The van der Waals surface area contributed by atoms with Crippen molar-refractivity contribution < 1.29 is 30.3 Å². The summed E-state index contributed by atoms with van der Waals surface area (Å²) in [5.74, 6) is -2.75. The van der Waals surface area contributed by atoms with Crippen molar-refractivity contribution in [2.75, 3.05) is 19.8 Å². The molecule has 0 aromatic heterocycles. The standard InChI is InChI=1S/C11H16O6/c12-6-10(7-13,8-14)11(15,16)17-9-4-2-1-3-5-9/h1-5,12-16H,6-8H2. The Kier molecular flexibility index (Phi) is 4.44. The number of ether oxygens (including phenoxy) is 1. The van der Waals surface area contributed by atoms with E-state index in [9.17, 15) is 10.2 Å². The highest BCUT2D eigenvalue weighted by molar-refractivity contribution is 5.21. The molecule has 0 spiro atoms. The van der Waals surface area contributed by atoms with Crippen molar-refractivity contribution in [2.24, 2.45) is 5.41 Å². The second-order valence-electron chi connectivity index (χ2n) is 3.78. The minimum absolute atomic E-state index is 0.136. The van der Waals surface area contributed by atoms with Gasteiger partial charge in [0.15, 0.2) is 0 Å². The van der Waals surface area contributed by atoms with E-state index < -0.39 is 31.2 Å². The number of hydrogen-bond donors (Lipinski definition) is 5. The molecule has 0 atom stereocenters. The maximum Gasteiger partial charge on any atom is 0.334 e. The molecular weight excluding hydrogens is 228 g/mol. The summed E-state index contributed by atoms with van der Waals surface area (Å²) in [5, 5.41) is 46.7. The van der Waals surface area contributed by atoms with Crippen molar-refractivity contribution in [3.05, 3.63) is 30.3 Å². The van der Waals surface area contributed by atoms with E-state index in [1.165, 1.54) is 12.1 Å². The fourth-order valence-electron chi connectivity index (χ4n) is 1.22. The van der Waals surface area contributed by atoms with E-state index in [0.29, 0.717) is 0 Å². The van der Waals surface area contributed by atoms with Crippen LogP contribution in [0.4, 0.5) is 0 Å². The number of aliphatic hydroxyl groups is 5. The maximum atomic E-state index is 9.73. The first-order valence-electron chi connectivity index (χ1n) is 5.03. The first kappa shape index (κ1) is 13.9. The summed E-state index contributed by atoms with van der Waals surface area (Å²) in [6.45, 7) is -2.54. The van der Waals surface area contributed by atoms with Crippen LogP contribution < -0.4 is 4.74 Å². The van der Waals surface area contributed by atoms with Crippen LogP contribution in [0.25, 0.3) is 0 Å². The largest absolute Gasteiger partial charge is 0.439 e. The quantitative estimate of drug-likeness (QED) is 0.396. The molecule has 0 aliphatic carbocycles. The van der Waals surface area contributed by atoms with Gasteiger partial charge in [-0.1, -0.05) is 18.2 Å². The lowest BCUT2D eigenvalue weighted by Crippen LogP contribution is -2.59. The molecule has 1 rings (SSSR count). The van der Waals surface area contributed by atoms with Gasteiger partial charge in [0.1, 0.15) is 11.2 Å². The van der Waals surface area contributed by atoms with Gasteiger partial charge in [-0.25, -0.2) is 0 Å². The number of rotatable bonds is 6. The predicted molar refractivity (Wildman–Crippen MR) is 57.9 cm³/mol. The highest BCUT2D eigenvalue weighted by Crippen LogP contribution is 2.31. The van der Waals surface area contributed by atoms with Crippen LogP contribution >= 0.6 is 0 Å². The summed E-state index contributed by atoms with van der Waals surface area (Å²) in [6, 6.07) is 7.88. The van der Waals surface area contributed by atoms with Crippen LogP contribution in [-0.2, 0) is 0 Å². The second kappa shape index (κ2) is 5.44. The number of hydrogen-bond acceptors (Lipinski definition) is 6. The number of para-hydroxylation sites is 1. The molecule has 0 heterocycles. The van der Waals surface area contributed by atoms with Crippen LogP contribution in [0.3, 0.4) is 0 Å². The van der Waals surface area contributed by atoms with Gasteiger partial charge >= 0.3 is 5.97 Å². The van der Waals surface area contributed by atoms with Crippen LogP contribution in [-0.4, -0.2) is 51.3 Å². The highest BCUT2D eigenvalue weighted by Gasteiger charge is 2.52. The molecule has 6 heteroatoms. The third-order valence-electron chi connectivity index (χ3n) is 2.60. The van der Waals surface area contributed by atoms with Crippen molar-refractivity contribution in [2.45, 2.75) is 5.97 Å². The Morgan fingerprint density at radius 2 is 1.35 bits per heavy atom. The summed E-state index contributed by atoms with van der Waals surface area (Å²) in [4.78, 5) is 0. The van der Waals surface area contributed by atoms with Crippen molar-refractivity contribution in [3.63, 3.8) is 0 Å². The zero-order valence-corrected chi connectivity index (χ0v) is 9.15. The molecule has 5 N–H and O–H groups in total. The Labute approximate surface area is 98.3 Å². The lowest BCUT2D eigenvalue weighted by Gasteiger charge is -2.38. The summed E-state index contributed by atoms with van der Waals surface area (Å²) >= 11 is 0. The van der Waals surface area contributed by atoms with Crippen LogP contribution in [0, 0.1) is 5.41 Å². The van der Waals surface area contributed by atoms with E-state index in [2.05, 4.69) is 0 Å². The van der Waals surface area contributed by atoms with Gasteiger partial charge in [0.2, 0.25) is 0 Å². The molecule has 6 nitrogen and oxygen atoms in total. The first-order chi connectivity index (χ1) is 8.01. The summed E-state index contributed by atoms with van der Waals surface area (Å²) in [6.07, 6.45) is 0. The highest BCUT2D eigenvalue weighted by atomic mass is 16.8. The number of aliphatic hydroxyl groups excluding tert-OH is 3. The van der Waals surface area contributed by atoms with Gasteiger partial charge in [-0.2, -0.15) is 0 Å². The zero-order chi connectivity index (χ0) is 12.9. The third kappa shape index (κ3) is 2.74.